The molecule has 2 aliphatic carbocycles. The first-order valence-corrected chi connectivity index (χ1v) is 9.17. The van der Waals surface area contributed by atoms with Gasteiger partial charge in [0.15, 0.2) is 6.71 Å². The third kappa shape index (κ3) is 4.25. The summed E-state index contributed by atoms with van der Waals surface area (Å²) in [5, 5.41) is 0. The lowest BCUT2D eigenvalue weighted by molar-refractivity contribution is 0.464. The minimum absolute atomic E-state index is 0.839. The molecule has 0 aromatic heterocycles. The molecule has 2 saturated carbocycles. The van der Waals surface area contributed by atoms with E-state index in [-0.39, 0.29) is 0 Å². The molecule has 1 heteroatoms. The molecule has 112 valence electrons. The van der Waals surface area contributed by atoms with Gasteiger partial charge in [0, 0.05) is 0 Å². The van der Waals surface area contributed by atoms with Crippen molar-refractivity contribution in [3.63, 3.8) is 0 Å². The van der Waals surface area contributed by atoms with Crippen molar-refractivity contribution in [2.45, 2.75) is 75.8 Å². The maximum atomic E-state index is 2.58. The van der Waals surface area contributed by atoms with Crippen molar-refractivity contribution >= 4 is 12.8 Å². The maximum absolute atomic E-state index is 2.58. The zero-order valence-electron chi connectivity index (χ0n) is 13.3. The number of benzene rings is 1. The van der Waals surface area contributed by atoms with Crippen molar-refractivity contribution in [3.05, 3.63) is 41.9 Å². The first kappa shape index (κ1) is 14.9. The SMILES string of the molecule is C(=Cc1ccccc1)B(C1CCCCC1)C1CCCCC1. The van der Waals surface area contributed by atoms with Crippen molar-refractivity contribution in [2.24, 2.45) is 0 Å². The first-order chi connectivity index (χ1) is 10.4. The molecule has 21 heavy (non-hydrogen) atoms. The van der Waals surface area contributed by atoms with Gasteiger partial charge in [-0.05, 0) is 5.56 Å². The predicted octanol–water partition coefficient (Wildman–Crippen LogP) is 6.40. The normalized spacial score (nSPS) is 21.7. The van der Waals surface area contributed by atoms with Crippen LogP contribution in [0.5, 0.6) is 0 Å². The lowest BCUT2D eigenvalue weighted by Crippen LogP contribution is -2.28. The minimum atomic E-state index is 0.839. The molecule has 0 saturated heterocycles. The molecule has 2 aliphatic rings. The third-order valence-electron chi connectivity index (χ3n) is 5.70. The van der Waals surface area contributed by atoms with E-state index in [1.165, 1.54) is 69.8 Å². The Balaban J connectivity index is 1.72. The quantitative estimate of drug-likeness (QED) is 0.559. The van der Waals surface area contributed by atoms with E-state index >= 15 is 0 Å². The molecule has 0 N–H and O–H groups in total. The number of rotatable bonds is 4. The Labute approximate surface area is 131 Å². The molecule has 1 aromatic carbocycles. The van der Waals surface area contributed by atoms with Gasteiger partial charge in [0.05, 0.1) is 0 Å². The van der Waals surface area contributed by atoms with E-state index in [9.17, 15) is 0 Å². The van der Waals surface area contributed by atoms with Crippen LogP contribution in [0.25, 0.3) is 6.08 Å². The van der Waals surface area contributed by atoms with Gasteiger partial charge in [-0.2, -0.15) is 0 Å². The molecule has 0 radical (unpaired) electrons. The molecule has 0 amide bonds. The van der Waals surface area contributed by atoms with Crippen molar-refractivity contribution in [3.8, 4) is 0 Å². The standard InChI is InChI=1S/C20H29B/c1-4-10-18(11-5-1)16-17-21(19-12-6-2-7-13-19)20-14-8-3-9-15-20/h1,4-5,10-11,16-17,19-20H,2-3,6-9,12-15H2. The van der Waals surface area contributed by atoms with Gasteiger partial charge < -0.3 is 0 Å². The number of hydrogen-bond donors (Lipinski definition) is 0. The van der Waals surface area contributed by atoms with E-state index in [1.54, 1.807) is 0 Å². The van der Waals surface area contributed by atoms with Gasteiger partial charge in [-0.3, -0.25) is 0 Å². The largest absolute Gasteiger partial charge is 0.172 e. The van der Waals surface area contributed by atoms with Gasteiger partial charge in [0.2, 0.25) is 0 Å². The highest BCUT2D eigenvalue weighted by molar-refractivity contribution is 6.68. The smallest absolute Gasteiger partial charge is 0.114 e. The summed E-state index contributed by atoms with van der Waals surface area (Å²) in [6.07, 6.45) is 17.1. The highest BCUT2D eigenvalue weighted by Gasteiger charge is 2.32. The topological polar surface area (TPSA) is 0 Å². The molecule has 0 bridgehead atoms. The summed E-state index contributed by atoms with van der Waals surface area (Å²) in [5.74, 6) is 4.50. The summed E-state index contributed by atoms with van der Waals surface area (Å²) in [6, 6.07) is 10.9. The van der Waals surface area contributed by atoms with Crippen LogP contribution < -0.4 is 0 Å². The molecular formula is C20H29B. The van der Waals surface area contributed by atoms with Gasteiger partial charge >= 0.3 is 0 Å². The van der Waals surface area contributed by atoms with E-state index in [4.69, 9.17) is 0 Å². The average Bonchev–Trinajstić information content (AvgIpc) is 2.58. The van der Waals surface area contributed by atoms with E-state index in [1.807, 2.05) is 0 Å². The molecule has 0 spiro atoms. The van der Waals surface area contributed by atoms with Crippen LogP contribution in [0, 0.1) is 0 Å². The van der Waals surface area contributed by atoms with E-state index < -0.39 is 0 Å². The van der Waals surface area contributed by atoms with E-state index in [2.05, 4.69) is 42.4 Å². The molecule has 0 aliphatic heterocycles. The Hall–Kier alpha value is -0.975. The molecule has 0 unspecified atom stereocenters. The summed E-state index contributed by atoms with van der Waals surface area (Å²) in [7, 11) is 0. The summed E-state index contributed by atoms with van der Waals surface area (Å²) >= 11 is 0. The number of hydrogen-bond acceptors (Lipinski definition) is 0. The second-order valence-corrected chi connectivity index (χ2v) is 7.14. The van der Waals surface area contributed by atoms with Crippen LogP contribution in [0.3, 0.4) is 0 Å². The van der Waals surface area contributed by atoms with Crippen LogP contribution >= 0.6 is 0 Å². The molecule has 0 atom stereocenters. The van der Waals surface area contributed by atoms with Crippen LogP contribution in [0.2, 0.25) is 11.6 Å². The van der Waals surface area contributed by atoms with Gasteiger partial charge in [-0.25, -0.2) is 0 Å². The average molecular weight is 280 g/mol. The Morgan fingerprint density at radius 1 is 0.714 bits per heavy atom. The van der Waals surface area contributed by atoms with Crippen molar-refractivity contribution in [1.29, 1.82) is 0 Å². The van der Waals surface area contributed by atoms with Crippen LogP contribution in [-0.2, 0) is 0 Å². The van der Waals surface area contributed by atoms with Crippen LogP contribution in [0.4, 0.5) is 0 Å². The van der Waals surface area contributed by atoms with Gasteiger partial charge in [0.25, 0.3) is 0 Å². The molecule has 3 rings (SSSR count). The van der Waals surface area contributed by atoms with E-state index in [0.29, 0.717) is 0 Å². The van der Waals surface area contributed by atoms with Gasteiger partial charge in [-0.1, -0.05) is 112 Å². The highest BCUT2D eigenvalue weighted by Crippen LogP contribution is 2.42. The second-order valence-electron chi connectivity index (χ2n) is 7.14. The van der Waals surface area contributed by atoms with Crippen molar-refractivity contribution < 1.29 is 0 Å². The minimum Gasteiger partial charge on any atom is -0.114 e. The first-order valence-electron chi connectivity index (χ1n) is 9.17. The summed E-state index contributed by atoms with van der Waals surface area (Å²) < 4.78 is 0. The summed E-state index contributed by atoms with van der Waals surface area (Å²) in [6.45, 7) is 0.839. The van der Waals surface area contributed by atoms with Gasteiger partial charge in [-0.15, -0.1) is 5.98 Å². The molecular weight excluding hydrogens is 251 g/mol. The highest BCUT2D eigenvalue weighted by atomic mass is 14.2. The van der Waals surface area contributed by atoms with Crippen LogP contribution in [0.1, 0.15) is 69.8 Å². The van der Waals surface area contributed by atoms with Crippen molar-refractivity contribution in [1.82, 2.24) is 0 Å². The third-order valence-corrected chi connectivity index (χ3v) is 5.70. The molecule has 0 heterocycles. The van der Waals surface area contributed by atoms with E-state index in [0.717, 1.165) is 18.3 Å². The molecule has 2 fully saturated rings. The lowest BCUT2D eigenvalue weighted by atomic mass is 9.30. The summed E-state index contributed by atoms with van der Waals surface area (Å²) in [5.41, 5.74) is 1.37. The molecule has 0 nitrogen and oxygen atoms in total. The van der Waals surface area contributed by atoms with Crippen LogP contribution in [0.15, 0.2) is 36.3 Å². The Kier molecular flexibility index (Phi) is 5.60. The van der Waals surface area contributed by atoms with Crippen LogP contribution in [-0.4, -0.2) is 6.71 Å². The fourth-order valence-corrected chi connectivity index (χ4v) is 4.52. The van der Waals surface area contributed by atoms with Gasteiger partial charge in [0.1, 0.15) is 0 Å². The fraction of sp³-hybridized carbons (Fsp3) is 0.600. The lowest BCUT2D eigenvalue weighted by Gasteiger charge is -2.34. The Bertz CT molecular complexity index is 406. The zero-order chi connectivity index (χ0) is 14.3. The predicted molar refractivity (Wildman–Crippen MR) is 94.9 cm³/mol. The zero-order valence-corrected chi connectivity index (χ0v) is 13.3. The summed E-state index contributed by atoms with van der Waals surface area (Å²) in [4.78, 5) is 0. The maximum Gasteiger partial charge on any atom is 0.172 e. The monoisotopic (exact) mass is 280 g/mol. The second kappa shape index (κ2) is 7.87. The Morgan fingerprint density at radius 2 is 1.24 bits per heavy atom. The Morgan fingerprint density at radius 3 is 1.76 bits per heavy atom. The molecule has 1 aromatic rings. The van der Waals surface area contributed by atoms with Crippen molar-refractivity contribution in [2.75, 3.05) is 0 Å². The fourth-order valence-electron chi connectivity index (χ4n) is 4.52.